The van der Waals surface area contributed by atoms with Gasteiger partial charge < -0.3 is 0 Å². The first kappa shape index (κ1) is 9.51. The van der Waals surface area contributed by atoms with E-state index in [0.717, 1.165) is 0 Å². The molecule has 1 aromatic rings. The van der Waals surface area contributed by atoms with E-state index in [1.807, 2.05) is 0 Å². The van der Waals surface area contributed by atoms with E-state index in [2.05, 4.69) is 39.0 Å². The first-order chi connectivity index (χ1) is 6.68. The molecule has 0 atom stereocenters. The van der Waals surface area contributed by atoms with E-state index in [-0.39, 0.29) is 0 Å². The zero-order chi connectivity index (χ0) is 10.1. The van der Waals surface area contributed by atoms with Crippen LogP contribution in [0.4, 0.5) is 0 Å². The molecule has 0 spiro atoms. The van der Waals surface area contributed by atoms with Crippen LogP contribution in [-0.2, 0) is 0 Å². The second-order valence-corrected chi connectivity index (χ2v) is 4.40. The fourth-order valence-electron chi connectivity index (χ4n) is 2.06. The Morgan fingerprint density at radius 1 is 1.14 bits per heavy atom. The number of hydrogen-bond donors (Lipinski definition) is 0. The summed E-state index contributed by atoms with van der Waals surface area (Å²) in [5, 5.41) is 0. The SMILES string of the molecule is CC(=C1CCC1)c1cc(C)ccc1C. The van der Waals surface area contributed by atoms with Gasteiger partial charge in [-0.05, 0) is 56.7 Å². The predicted molar refractivity (Wildman–Crippen MR) is 62.4 cm³/mol. The quantitative estimate of drug-likeness (QED) is 0.614. The lowest BCUT2D eigenvalue weighted by Gasteiger charge is -2.21. The lowest BCUT2D eigenvalue weighted by molar-refractivity contribution is 0.665. The van der Waals surface area contributed by atoms with E-state index in [4.69, 9.17) is 0 Å². The highest BCUT2D eigenvalue weighted by Crippen LogP contribution is 2.34. The summed E-state index contributed by atoms with van der Waals surface area (Å²) in [6.45, 7) is 6.65. The van der Waals surface area contributed by atoms with Gasteiger partial charge in [-0.1, -0.05) is 29.3 Å². The van der Waals surface area contributed by atoms with Gasteiger partial charge in [0.1, 0.15) is 0 Å². The van der Waals surface area contributed by atoms with Gasteiger partial charge in [0.2, 0.25) is 0 Å². The molecule has 0 heteroatoms. The molecule has 1 aliphatic rings. The van der Waals surface area contributed by atoms with Gasteiger partial charge in [0.15, 0.2) is 0 Å². The first-order valence-electron chi connectivity index (χ1n) is 5.45. The minimum absolute atomic E-state index is 1.32. The summed E-state index contributed by atoms with van der Waals surface area (Å²) in [4.78, 5) is 0. The summed E-state index contributed by atoms with van der Waals surface area (Å²) in [5.74, 6) is 0. The average molecular weight is 186 g/mol. The normalized spacial score (nSPS) is 15.2. The Kier molecular flexibility index (Phi) is 2.45. The summed E-state index contributed by atoms with van der Waals surface area (Å²) in [7, 11) is 0. The maximum Gasteiger partial charge on any atom is -0.0196 e. The second-order valence-electron chi connectivity index (χ2n) is 4.40. The van der Waals surface area contributed by atoms with Gasteiger partial charge in [0.25, 0.3) is 0 Å². The topological polar surface area (TPSA) is 0 Å². The monoisotopic (exact) mass is 186 g/mol. The molecule has 0 aliphatic heterocycles. The van der Waals surface area contributed by atoms with Crippen molar-refractivity contribution in [3.63, 3.8) is 0 Å². The average Bonchev–Trinajstić information content (AvgIpc) is 2.06. The van der Waals surface area contributed by atoms with Crippen LogP contribution in [0, 0.1) is 13.8 Å². The zero-order valence-corrected chi connectivity index (χ0v) is 9.35. The van der Waals surface area contributed by atoms with Crippen molar-refractivity contribution < 1.29 is 0 Å². The molecule has 0 nitrogen and oxygen atoms in total. The molecule has 1 aromatic carbocycles. The number of allylic oxidation sites excluding steroid dienone is 2. The molecule has 0 heterocycles. The van der Waals surface area contributed by atoms with Crippen LogP contribution >= 0.6 is 0 Å². The van der Waals surface area contributed by atoms with Gasteiger partial charge >= 0.3 is 0 Å². The Hall–Kier alpha value is -1.04. The van der Waals surface area contributed by atoms with Crippen LogP contribution in [0.5, 0.6) is 0 Å². The van der Waals surface area contributed by atoms with Crippen LogP contribution < -0.4 is 0 Å². The molecule has 14 heavy (non-hydrogen) atoms. The number of rotatable bonds is 1. The fourth-order valence-corrected chi connectivity index (χ4v) is 2.06. The van der Waals surface area contributed by atoms with Crippen LogP contribution in [-0.4, -0.2) is 0 Å². The van der Waals surface area contributed by atoms with Crippen molar-refractivity contribution in [2.45, 2.75) is 40.0 Å². The molecule has 0 aromatic heterocycles. The molecule has 74 valence electrons. The second kappa shape index (κ2) is 3.61. The van der Waals surface area contributed by atoms with E-state index in [9.17, 15) is 0 Å². The van der Waals surface area contributed by atoms with Crippen molar-refractivity contribution in [3.05, 3.63) is 40.5 Å². The van der Waals surface area contributed by atoms with Gasteiger partial charge in [0.05, 0.1) is 0 Å². The Morgan fingerprint density at radius 2 is 1.86 bits per heavy atom. The van der Waals surface area contributed by atoms with Gasteiger partial charge in [0, 0.05) is 0 Å². The molecule has 0 saturated heterocycles. The Labute approximate surface area is 86.7 Å². The van der Waals surface area contributed by atoms with Crippen molar-refractivity contribution in [3.8, 4) is 0 Å². The van der Waals surface area contributed by atoms with Gasteiger partial charge in [-0.15, -0.1) is 0 Å². The van der Waals surface area contributed by atoms with E-state index in [1.165, 1.54) is 41.5 Å². The predicted octanol–water partition coefficient (Wildman–Crippen LogP) is 4.26. The van der Waals surface area contributed by atoms with Crippen LogP contribution in [0.3, 0.4) is 0 Å². The van der Waals surface area contributed by atoms with Crippen LogP contribution in [0.15, 0.2) is 23.8 Å². The molecule has 0 N–H and O–H groups in total. The van der Waals surface area contributed by atoms with Gasteiger partial charge in [-0.3, -0.25) is 0 Å². The minimum atomic E-state index is 1.32. The summed E-state index contributed by atoms with van der Waals surface area (Å²) in [5.41, 5.74) is 7.42. The summed E-state index contributed by atoms with van der Waals surface area (Å²) in [6, 6.07) is 6.74. The largest absolute Gasteiger partial charge is 0.0667 e. The molecular formula is C14H18. The van der Waals surface area contributed by atoms with Crippen LogP contribution in [0.25, 0.3) is 5.57 Å². The third-order valence-electron chi connectivity index (χ3n) is 3.28. The lowest BCUT2D eigenvalue weighted by atomic mass is 9.84. The third-order valence-corrected chi connectivity index (χ3v) is 3.28. The minimum Gasteiger partial charge on any atom is -0.0667 e. The zero-order valence-electron chi connectivity index (χ0n) is 9.35. The molecule has 0 amide bonds. The van der Waals surface area contributed by atoms with E-state index in [0.29, 0.717) is 0 Å². The third kappa shape index (κ3) is 1.61. The highest BCUT2D eigenvalue weighted by atomic mass is 14.2. The van der Waals surface area contributed by atoms with Crippen LogP contribution in [0.1, 0.15) is 42.9 Å². The van der Waals surface area contributed by atoms with E-state index < -0.39 is 0 Å². The van der Waals surface area contributed by atoms with Crippen molar-refractivity contribution in [1.82, 2.24) is 0 Å². The molecule has 1 saturated carbocycles. The van der Waals surface area contributed by atoms with Crippen LogP contribution in [0.2, 0.25) is 0 Å². The van der Waals surface area contributed by atoms with Gasteiger partial charge in [-0.25, -0.2) is 0 Å². The number of aryl methyl sites for hydroxylation is 2. The van der Waals surface area contributed by atoms with Crippen molar-refractivity contribution in [2.24, 2.45) is 0 Å². The highest BCUT2D eigenvalue weighted by Gasteiger charge is 2.13. The summed E-state index contributed by atoms with van der Waals surface area (Å²) < 4.78 is 0. The Balaban J connectivity index is 2.44. The molecule has 0 radical (unpaired) electrons. The Bertz CT molecular complexity index is 377. The fraction of sp³-hybridized carbons (Fsp3) is 0.429. The lowest BCUT2D eigenvalue weighted by Crippen LogP contribution is -2.01. The Morgan fingerprint density at radius 3 is 2.43 bits per heavy atom. The standard InChI is InChI=1S/C14H18/c1-10-7-8-11(2)14(9-10)12(3)13-5-4-6-13/h7-9H,4-6H2,1-3H3. The molecule has 1 aliphatic carbocycles. The van der Waals surface area contributed by atoms with Crippen molar-refractivity contribution in [2.75, 3.05) is 0 Å². The smallest absolute Gasteiger partial charge is 0.0196 e. The molecule has 1 fully saturated rings. The highest BCUT2D eigenvalue weighted by molar-refractivity contribution is 5.70. The summed E-state index contributed by atoms with van der Waals surface area (Å²) >= 11 is 0. The first-order valence-corrected chi connectivity index (χ1v) is 5.45. The maximum absolute atomic E-state index is 2.32. The maximum atomic E-state index is 2.32. The molecule has 2 rings (SSSR count). The van der Waals surface area contributed by atoms with Crippen molar-refractivity contribution in [1.29, 1.82) is 0 Å². The molecule has 0 unspecified atom stereocenters. The van der Waals surface area contributed by atoms with E-state index in [1.54, 1.807) is 5.57 Å². The molecular weight excluding hydrogens is 168 g/mol. The molecule has 0 bridgehead atoms. The van der Waals surface area contributed by atoms with E-state index >= 15 is 0 Å². The van der Waals surface area contributed by atoms with Crippen molar-refractivity contribution >= 4 is 5.57 Å². The summed E-state index contributed by atoms with van der Waals surface area (Å²) in [6.07, 6.45) is 4.02. The number of benzene rings is 1. The van der Waals surface area contributed by atoms with Gasteiger partial charge in [-0.2, -0.15) is 0 Å². The number of hydrogen-bond acceptors (Lipinski definition) is 0.